The third-order valence-electron chi connectivity index (χ3n) is 2.78. The van der Waals surface area contributed by atoms with E-state index in [0.717, 1.165) is 0 Å². The highest BCUT2D eigenvalue weighted by Crippen LogP contribution is 2.38. The molecule has 1 aromatic carbocycles. The number of hydrogen-bond donors (Lipinski definition) is 2. The molecule has 20 heavy (non-hydrogen) atoms. The van der Waals surface area contributed by atoms with E-state index in [9.17, 15) is 9.90 Å². The van der Waals surface area contributed by atoms with E-state index >= 15 is 0 Å². The number of phenolic OH excluding ortho intramolecular Hbond substituents is 1. The molecule has 1 atom stereocenters. The molecule has 0 radical (unpaired) electrons. The molecule has 1 aliphatic heterocycles. The number of pyridine rings is 1. The van der Waals surface area contributed by atoms with Gasteiger partial charge < -0.3 is 10.4 Å². The van der Waals surface area contributed by atoms with E-state index in [4.69, 9.17) is 0 Å². The van der Waals surface area contributed by atoms with Crippen LogP contribution in [0, 0.1) is 0 Å². The molecule has 1 fully saturated rings. The van der Waals surface area contributed by atoms with Gasteiger partial charge in [-0.05, 0) is 18.2 Å². The van der Waals surface area contributed by atoms with Crippen molar-refractivity contribution in [1.29, 1.82) is 0 Å². The summed E-state index contributed by atoms with van der Waals surface area (Å²) < 4.78 is 0. The van der Waals surface area contributed by atoms with Crippen molar-refractivity contribution in [3.63, 3.8) is 0 Å². The SMILES string of the molecule is O=C1N/C(=N\c2ccccn2)SC1c1ccccc1O. The van der Waals surface area contributed by atoms with Crippen LogP contribution >= 0.6 is 11.8 Å². The van der Waals surface area contributed by atoms with Crippen LogP contribution in [0.4, 0.5) is 5.82 Å². The Labute approximate surface area is 119 Å². The molecular weight excluding hydrogens is 274 g/mol. The number of thioether (sulfide) groups is 1. The number of benzene rings is 1. The van der Waals surface area contributed by atoms with Crippen LogP contribution in [0.5, 0.6) is 5.75 Å². The molecule has 2 aromatic rings. The van der Waals surface area contributed by atoms with Gasteiger partial charge in [-0.25, -0.2) is 9.98 Å². The first kappa shape index (κ1) is 12.7. The van der Waals surface area contributed by atoms with Crippen molar-refractivity contribution in [3.05, 3.63) is 54.2 Å². The number of nitrogens with one attached hydrogen (secondary N) is 1. The van der Waals surface area contributed by atoms with Crippen molar-refractivity contribution in [2.75, 3.05) is 0 Å². The number of aromatic nitrogens is 1. The highest BCUT2D eigenvalue weighted by molar-refractivity contribution is 8.15. The minimum Gasteiger partial charge on any atom is -0.508 e. The van der Waals surface area contributed by atoms with E-state index in [0.29, 0.717) is 16.5 Å². The van der Waals surface area contributed by atoms with Gasteiger partial charge in [0.15, 0.2) is 11.0 Å². The quantitative estimate of drug-likeness (QED) is 0.888. The van der Waals surface area contributed by atoms with Crippen LogP contribution in [-0.2, 0) is 4.79 Å². The van der Waals surface area contributed by atoms with Gasteiger partial charge in [-0.15, -0.1) is 0 Å². The molecule has 1 unspecified atom stereocenters. The zero-order chi connectivity index (χ0) is 13.9. The molecule has 2 N–H and O–H groups in total. The molecule has 0 bridgehead atoms. The lowest BCUT2D eigenvalue weighted by atomic mass is 10.1. The number of amides is 1. The minimum absolute atomic E-state index is 0.110. The van der Waals surface area contributed by atoms with Gasteiger partial charge >= 0.3 is 0 Å². The van der Waals surface area contributed by atoms with Gasteiger partial charge in [0.2, 0.25) is 5.91 Å². The minimum atomic E-state index is -0.487. The molecule has 6 heteroatoms. The van der Waals surface area contributed by atoms with Crippen LogP contribution in [-0.4, -0.2) is 21.2 Å². The number of carbonyl (C=O) groups excluding carboxylic acids is 1. The van der Waals surface area contributed by atoms with Crippen molar-refractivity contribution in [3.8, 4) is 5.75 Å². The summed E-state index contributed by atoms with van der Waals surface area (Å²) in [7, 11) is 0. The van der Waals surface area contributed by atoms with Crippen molar-refractivity contribution in [2.45, 2.75) is 5.25 Å². The van der Waals surface area contributed by atoms with Crippen molar-refractivity contribution >= 4 is 28.7 Å². The number of amidine groups is 1. The molecule has 0 aliphatic carbocycles. The number of hydrogen-bond acceptors (Lipinski definition) is 5. The predicted octanol–water partition coefficient (Wildman–Crippen LogP) is 2.38. The number of nitrogens with zero attached hydrogens (tertiary/aromatic N) is 2. The van der Waals surface area contributed by atoms with Gasteiger partial charge in [0.05, 0.1) is 0 Å². The third kappa shape index (κ3) is 2.50. The fourth-order valence-corrected chi connectivity index (χ4v) is 2.88. The third-order valence-corrected chi connectivity index (χ3v) is 3.90. The summed E-state index contributed by atoms with van der Waals surface area (Å²) >= 11 is 1.27. The summed E-state index contributed by atoms with van der Waals surface area (Å²) in [6.07, 6.45) is 1.64. The average molecular weight is 285 g/mol. The van der Waals surface area contributed by atoms with Crippen LogP contribution in [0.1, 0.15) is 10.8 Å². The molecular formula is C14H11N3O2S. The lowest BCUT2D eigenvalue weighted by Gasteiger charge is -2.07. The number of aromatic hydroxyl groups is 1. The number of para-hydroxylation sites is 1. The molecule has 2 heterocycles. The van der Waals surface area contributed by atoms with Crippen LogP contribution in [0.15, 0.2) is 53.7 Å². The number of carbonyl (C=O) groups is 1. The lowest BCUT2D eigenvalue weighted by molar-refractivity contribution is -0.118. The topological polar surface area (TPSA) is 74.6 Å². The first-order valence-electron chi connectivity index (χ1n) is 5.99. The Hall–Kier alpha value is -2.34. The van der Waals surface area contributed by atoms with E-state index < -0.39 is 5.25 Å². The summed E-state index contributed by atoms with van der Waals surface area (Å²) in [5, 5.41) is 12.5. The number of aliphatic imine (C=N–C) groups is 1. The molecule has 0 saturated carbocycles. The summed E-state index contributed by atoms with van der Waals surface area (Å²) in [4.78, 5) is 20.3. The van der Waals surface area contributed by atoms with Crippen molar-refractivity contribution in [2.24, 2.45) is 4.99 Å². The molecule has 1 aromatic heterocycles. The maximum atomic E-state index is 12.0. The fourth-order valence-electron chi connectivity index (χ4n) is 1.86. The van der Waals surface area contributed by atoms with E-state index in [1.54, 1.807) is 42.6 Å². The Morgan fingerprint density at radius 3 is 2.75 bits per heavy atom. The Morgan fingerprint density at radius 1 is 1.20 bits per heavy atom. The van der Waals surface area contributed by atoms with Gasteiger partial charge in [0.25, 0.3) is 0 Å². The number of rotatable bonds is 2. The van der Waals surface area contributed by atoms with Gasteiger partial charge in [-0.2, -0.15) is 0 Å². The Kier molecular flexibility index (Phi) is 3.39. The molecule has 1 amide bonds. The van der Waals surface area contributed by atoms with E-state index in [1.807, 2.05) is 6.07 Å². The maximum Gasteiger partial charge on any atom is 0.244 e. The zero-order valence-electron chi connectivity index (χ0n) is 10.4. The van der Waals surface area contributed by atoms with Crippen LogP contribution in [0.2, 0.25) is 0 Å². The first-order chi connectivity index (χ1) is 9.74. The fraction of sp³-hybridized carbons (Fsp3) is 0.0714. The van der Waals surface area contributed by atoms with Crippen LogP contribution in [0.3, 0.4) is 0 Å². The first-order valence-corrected chi connectivity index (χ1v) is 6.87. The van der Waals surface area contributed by atoms with Gasteiger partial charge in [0.1, 0.15) is 11.0 Å². The molecule has 5 nitrogen and oxygen atoms in total. The summed E-state index contributed by atoms with van der Waals surface area (Å²) in [6, 6.07) is 12.2. The van der Waals surface area contributed by atoms with Crippen LogP contribution in [0.25, 0.3) is 0 Å². The van der Waals surface area contributed by atoms with E-state index in [1.165, 1.54) is 11.8 Å². The predicted molar refractivity (Wildman–Crippen MR) is 77.9 cm³/mol. The smallest absolute Gasteiger partial charge is 0.244 e. The molecule has 1 aliphatic rings. The van der Waals surface area contributed by atoms with Crippen LogP contribution < -0.4 is 5.32 Å². The standard InChI is InChI=1S/C14H11N3O2S/c18-10-6-2-1-5-9(10)12-13(19)17-14(20-12)16-11-7-3-4-8-15-11/h1-8,12,18H,(H,15,16,17,19). The number of phenols is 1. The van der Waals surface area contributed by atoms with Crippen molar-refractivity contribution in [1.82, 2.24) is 10.3 Å². The normalized spacial score (nSPS) is 20.1. The monoisotopic (exact) mass is 285 g/mol. The highest BCUT2D eigenvalue weighted by atomic mass is 32.2. The summed E-state index contributed by atoms with van der Waals surface area (Å²) in [5.41, 5.74) is 0.584. The summed E-state index contributed by atoms with van der Waals surface area (Å²) in [6.45, 7) is 0. The molecule has 1 saturated heterocycles. The molecule has 3 rings (SSSR count). The Balaban J connectivity index is 1.86. The molecule has 0 spiro atoms. The average Bonchev–Trinajstić information content (AvgIpc) is 2.81. The molecule has 100 valence electrons. The lowest BCUT2D eigenvalue weighted by Crippen LogP contribution is -2.21. The van der Waals surface area contributed by atoms with E-state index in [-0.39, 0.29) is 11.7 Å². The van der Waals surface area contributed by atoms with E-state index in [2.05, 4.69) is 15.3 Å². The summed E-state index contributed by atoms with van der Waals surface area (Å²) in [5.74, 6) is 0.457. The Bertz CT molecular complexity index is 673. The Morgan fingerprint density at radius 2 is 2.00 bits per heavy atom. The second-order valence-corrected chi connectivity index (χ2v) is 5.24. The van der Waals surface area contributed by atoms with Crippen molar-refractivity contribution < 1.29 is 9.90 Å². The maximum absolute atomic E-state index is 12.0. The largest absolute Gasteiger partial charge is 0.508 e. The zero-order valence-corrected chi connectivity index (χ0v) is 11.2. The highest BCUT2D eigenvalue weighted by Gasteiger charge is 2.33. The second kappa shape index (κ2) is 5.34. The van der Waals surface area contributed by atoms with Gasteiger partial charge in [0, 0.05) is 11.8 Å². The van der Waals surface area contributed by atoms with Gasteiger partial charge in [-0.3, -0.25) is 4.79 Å². The second-order valence-electron chi connectivity index (χ2n) is 4.15. The van der Waals surface area contributed by atoms with Gasteiger partial charge in [-0.1, -0.05) is 36.0 Å².